The number of halogens is 1. The van der Waals surface area contributed by atoms with Crippen molar-refractivity contribution in [3.05, 3.63) is 59.7 Å². The highest BCUT2D eigenvalue weighted by atomic mass is 35.5. The third kappa shape index (κ3) is 3.77. The van der Waals surface area contributed by atoms with Gasteiger partial charge in [0, 0.05) is 11.3 Å². The molecule has 1 unspecified atom stereocenters. The molecule has 2 amide bonds. The molecule has 0 bridgehead atoms. The molecule has 0 spiro atoms. The van der Waals surface area contributed by atoms with Gasteiger partial charge in [0.2, 0.25) is 11.8 Å². The van der Waals surface area contributed by atoms with Gasteiger partial charge in [-0.1, -0.05) is 18.2 Å². The summed E-state index contributed by atoms with van der Waals surface area (Å²) in [7, 11) is 1.56. The standard InChI is InChI=1S/C16H15ClN2O3/c1-22-13-7-5-10(6-8-13)14(17)16(21)19-12-4-2-3-11(9-12)15(18)20/h2-9,14H,1H3,(H2,18,20)(H,19,21). The summed E-state index contributed by atoms with van der Waals surface area (Å²) in [5, 5.41) is 1.80. The van der Waals surface area contributed by atoms with Crippen molar-refractivity contribution in [2.45, 2.75) is 5.38 Å². The SMILES string of the molecule is COc1ccc(C(Cl)C(=O)Nc2cccc(C(N)=O)c2)cc1. The lowest BCUT2D eigenvalue weighted by molar-refractivity contribution is -0.116. The molecule has 0 aliphatic heterocycles. The Balaban J connectivity index is 2.10. The van der Waals surface area contributed by atoms with Crippen LogP contribution in [0.3, 0.4) is 0 Å². The lowest BCUT2D eigenvalue weighted by Crippen LogP contribution is -2.18. The molecule has 3 N–H and O–H groups in total. The predicted octanol–water partition coefficient (Wildman–Crippen LogP) is 2.71. The van der Waals surface area contributed by atoms with Gasteiger partial charge in [0.05, 0.1) is 7.11 Å². The minimum Gasteiger partial charge on any atom is -0.497 e. The number of nitrogens with two attached hydrogens (primary N) is 1. The fraction of sp³-hybridized carbons (Fsp3) is 0.125. The molecule has 1 atom stereocenters. The smallest absolute Gasteiger partial charge is 0.248 e. The Bertz CT molecular complexity index is 686. The average molecular weight is 319 g/mol. The first-order valence-corrected chi connectivity index (χ1v) is 6.93. The zero-order chi connectivity index (χ0) is 16.1. The number of alkyl halides is 1. The first-order chi connectivity index (χ1) is 10.5. The quantitative estimate of drug-likeness (QED) is 0.832. The van der Waals surface area contributed by atoms with Crippen LogP contribution in [0.1, 0.15) is 21.3 Å². The number of carbonyl (C=O) groups excluding carboxylic acids is 2. The van der Waals surface area contributed by atoms with Crippen molar-refractivity contribution in [3.8, 4) is 5.75 Å². The number of benzene rings is 2. The van der Waals surface area contributed by atoms with Crippen molar-refractivity contribution in [2.75, 3.05) is 12.4 Å². The monoisotopic (exact) mass is 318 g/mol. The van der Waals surface area contributed by atoms with Crippen molar-refractivity contribution < 1.29 is 14.3 Å². The van der Waals surface area contributed by atoms with E-state index in [-0.39, 0.29) is 0 Å². The third-order valence-corrected chi connectivity index (χ3v) is 3.50. The van der Waals surface area contributed by atoms with Crippen molar-refractivity contribution in [3.63, 3.8) is 0 Å². The molecule has 0 aliphatic rings. The summed E-state index contributed by atoms with van der Waals surface area (Å²) < 4.78 is 5.05. The van der Waals surface area contributed by atoms with E-state index in [9.17, 15) is 9.59 Å². The van der Waals surface area contributed by atoms with E-state index >= 15 is 0 Å². The molecular formula is C16H15ClN2O3. The fourth-order valence-electron chi connectivity index (χ4n) is 1.88. The maximum atomic E-state index is 12.2. The second-order valence-electron chi connectivity index (χ2n) is 4.57. The van der Waals surface area contributed by atoms with Crippen LogP contribution < -0.4 is 15.8 Å². The van der Waals surface area contributed by atoms with Gasteiger partial charge in [0.25, 0.3) is 0 Å². The van der Waals surface area contributed by atoms with Gasteiger partial charge in [0.15, 0.2) is 0 Å². The molecular weight excluding hydrogens is 304 g/mol. The van der Waals surface area contributed by atoms with E-state index in [1.807, 2.05) is 0 Å². The lowest BCUT2D eigenvalue weighted by Gasteiger charge is -2.12. The van der Waals surface area contributed by atoms with Gasteiger partial charge < -0.3 is 15.8 Å². The number of rotatable bonds is 5. The number of ether oxygens (including phenoxy) is 1. The van der Waals surface area contributed by atoms with Crippen LogP contribution >= 0.6 is 11.6 Å². The van der Waals surface area contributed by atoms with Crippen LogP contribution in [0.4, 0.5) is 5.69 Å². The summed E-state index contributed by atoms with van der Waals surface area (Å²) in [6, 6.07) is 13.2. The van der Waals surface area contributed by atoms with Gasteiger partial charge in [-0.2, -0.15) is 0 Å². The largest absolute Gasteiger partial charge is 0.497 e. The Labute approximate surface area is 133 Å². The maximum absolute atomic E-state index is 12.2. The second kappa shape index (κ2) is 6.95. The Hall–Kier alpha value is -2.53. The highest BCUT2D eigenvalue weighted by molar-refractivity contribution is 6.32. The molecule has 2 rings (SSSR count). The van der Waals surface area contributed by atoms with Crippen LogP contribution in [0.5, 0.6) is 5.75 Å². The molecule has 6 heteroatoms. The predicted molar refractivity (Wildman–Crippen MR) is 85.2 cm³/mol. The van der Waals surface area contributed by atoms with Crippen LogP contribution in [0.15, 0.2) is 48.5 Å². The molecule has 2 aromatic carbocycles. The van der Waals surface area contributed by atoms with Crippen LogP contribution in [0, 0.1) is 0 Å². The minimum absolute atomic E-state index is 0.313. The van der Waals surface area contributed by atoms with E-state index in [0.29, 0.717) is 22.6 Å². The molecule has 0 fully saturated rings. The zero-order valence-electron chi connectivity index (χ0n) is 11.9. The summed E-state index contributed by atoms with van der Waals surface area (Å²) >= 11 is 6.16. The molecule has 0 saturated heterocycles. The summed E-state index contributed by atoms with van der Waals surface area (Å²) in [6.45, 7) is 0. The minimum atomic E-state index is -0.858. The van der Waals surface area contributed by atoms with E-state index in [0.717, 1.165) is 0 Å². The third-order valence-electron chi connectivity index (χ3n) is 3.05. The normalized spacial score (nSPS) is 11.5. The number of nitrogens with one attached hydrogen (secondary N) is 1. The van der Waals surface area contributed by atoms with Gasteiger partial charge in [-0.15, -0.1) is 11.6 Å². The summed E-state index contributed by atoms with van der Waals surface area (Å²) in [6.07, 6.45) is 0. The number of methoxy groups -OCH3 is 1. The van der Waals surface area contributed by atoms with Crippen molar-refractivity contribution >= 4 is 29.1 Å². The number of hydrogen-bond acceptors (Lipinski definition) is 3. The zero-order valence-corrected chi connectivity index (χ0v) is 12.6. The molecule has 0 heterocycles. The van der Waals surface area contributed by atoms with E-state index < -0.39 is 17.2 Å². The second-order valence-corrected chi connectivity index (χ2v) is 5.01. The molecule has 0 aliphatic carbocycles. The number of primary amides is 1. The lowest BCUT2D eigenvalue weighted by atomic mass is 10.1. The van der Waals surface area contributed by atoms with Crippen LogP contribution in [0.25, 0.3) is 0 Å². The maximum Gasteiger partial charge on any atom is 0.248 e. The van der Waals surface area contributed by atoms with E-state index in [4.69, 9.17) is 22.1 Å². The van der Waals surface area contributed by atoms with Gasteiger partial charge >= 0.3 is 0 Å². The highest BCUT2D eigenvalue weighted by Gasteiger charge is 2.18. The van der Waals surface area contributed by atoms with Crippen LogP contribution in [-0.4, -0.2) is 18.9 Å². The molecule has 0 aromatic heterocycles. The molecule has 5 nitrogen and oxygen atoms in total. The Morgan fingerprint density at radius 2 is 1.86 bits per heavy atom. The van der Waals surface area contributed by atoms with Gasteiger partial charge in [-0.3, -0.25) is 9.59 Å². The van der Waals surface area contributed by atoms with Gasteiger partial charge in [-0.25, -0.2) is 0 Å². The molecule has 0 radical (unpaired) electrons. The summed E-state index contributed by atoms with van der Waals surface area (Å²) in [5.41, 5.74) is 6.62. The van der Waals surface area contributed by atoms with Crippen molar-refractivity contribution in [1.29, 1.82) is 0 Å². The molecule has 114 valence electrons. The summed E-state index contributed by atoms with van der Waals surface area (Å²) in [4.78, 5) is 23.3. The van der Waals surface area contributed by atoms with E-state index in [1.165, 1.54) is 6.07 Å². The first-order valence-electron chi connectivity index (χ1n) is 6.50. The first kappa shape index (κ1) is 15.9. The Morgan fingerprint density at radius 3 is 2.45 bits per heavy atom. The van der Waals surface area contributed by atoms with E-state index in [2.05, 4.69) is 5.32 Å². The molecule has 2 aromatic rings. The Kier molecular flexibility index (Phi) is 5.01. The number of carbonyl (C=O) groups is 2. The van der Waals surface area contributed by atoms with E-state index in [1.54, 1.807) is 49.6 Å². The van der Waals surface area contributed by atoms with Crippen LogP contribution in [-0.2, 0) is 4.79 Å². The fourth-order valence-corrected chi connectivity index (χ4v) is 2.08. The highest BCUT2D eigenvalue weighted by Crippen LogP contribution is 2.24. The van der Waals surface area contributed by atoms with Gasteiger partial charge in [0.1, 0.15) is 11.1 Å². The summed E-state index contributed by atoms with van der Waals surface area (Å²) in [5.74, 6) is -0.274. The van der Waals surface area contributed by atoms with Crippen molar-refractivity contribution in [1.82, 2.24) is 0 Å². The van der Waals surface area contributed by atoms with Crippen molar-refractivity contribution in [2.24, 2.45) is 5.73 Å². The van der Waals surface area contributed by atoms with Gasteiger partial charge in [-0.05, 0) is 35.9 Å². The van der Waals surface area contributed by atoms with Crippen LogP contribution in [0.2, 0.25) is 0 Å². The molecule has 0 saturated carbocycles. The number of amides is 2. The molecule has 22 heavy (non-hydrogen) atoms. The topological polar surface area (TPSA) is 81.4 Å². The number of hydrogen-bond donors (Lipinski definition) is 2. The number of anilines is 1. The Morgan fingerprint density at radius 1 is 1.18 bits per heavy atom. The average Bonchev–Trinajstić information content (AvgIpc) is 2.54.